The number of rotatable bonds is 4. The highest BCUT2D eigenvalue weighted by Gasteiger charge is 2.38. The summed E-state index contributed by atoms with van der Waals surface area (Å²) >= 11 is 12.4. The van der Waals surface area contributed by atoms with E-state index in [0.717, 1.165) is 42.9 Å². The van der Waals surface area contributed by atoms with Crippen molar-refractivity contribution < 1.29 is 9.13 Å². The number of hydrogen-bond acceptors (Lipinski definition) is 3. The summed E-state index contributed by atoms with van der Waals surface area (Å²) < 4.78 is 19.9. The molecule has 1 aliphatic carbocycles. The van der Waals surface area contributed by atoms with Crippen LogP contribution in [0.4, 0.5) is 4.39 Å². The SMILES string of the molecule is NC1CCCN([C@H]2Cc3cc(Cl)ccc3[C@H]2OCc2cc(F)ccc2Cl)C1. The second-order valence-electron chi connectivity index (χ2n) is 7.48. The Morgan fingerprint density at radius 1 is 1.19 bits per heavy atom. The van der Waals surface area contributed by atoms with Crippen molar-refractivity contribution in [3.8, 4) is 0 Å². The summed E-state index contributed by atoms with van der Waals surface area (Å²) in [5.41, 5.74) is 9.23. The van der Waals surface area contributed by atoms with E-state index in [1.54, 1.807) is 6.07 Å². The van der Waals surface area contributed by atoms with E-state index in [9.17, 15) is 4.39 Å². The molecule has 0 bridgehead atoms. The molecular formula is C21H23Cl2FN2O. The van der Waals surface area contributed by atoms with Crippen LogP contribution in [0.3, 0.4) is 0 Å². The van der Waals surface area contributed by atoms with Crippen molar-refractivity contribution in [3.63, 3.8) is 0 Å². The summed E-state index contributed by atoms with van der Waals surface area (Å²) in [5.74, 6) is -0.310. The largest absolute Gasteiger partial charge is 0.367 e. The Balaban J connectivity index is 1.58. The normalized spacial score (nSPS) is 25.6. The van der Waals surface area contributed by atoms with Crippen molar-refractivity contribution >= 4 is 23.2 Å². The number of benzene rings is 2. The molecule has 1 saturated heterocycles. The van der Waals surface area contributed by atoms with Crippen molar-refractivity contribution in [2.24, 2.45) is 5.73 Å². The standard InChI is InChI=1S/C21H23Cl2FN2O/c22-15-3-5-18-13(8-15)10-20(26-7-1-2-17(25)11-26)21(18)27-12-14-9-16(24)4-6-19(14)23/h3-6,8-9,17,20-21H,1-2,7,10-12,25H2/t17?,20-,21+/m0/s1. The summed E-state index contributed by atoms with van der Waals surface area (Å²) in [6.45, 7) is 2.15. The zero-order valence-electron chi connectivity index (χ0n) is 15.0. The molecule has 2 aliphatic rings. The van der Waals surface area contributed by atoms with Crippen LogP contribution in [0.2, 0.25) is 10.0 Å². The number of nitrogens with two attached hydrogens (primary N) is 1. The highest BCUT2D eigenvalue weighted by molar-refractivity contribution is 6.31. The van der Waals surface area contributed by atoms with Gasteiger partial charge in [0.2, 0.25) is 0 Å². The molecule has 0 spiro atoms. The number of hydrogen-bond donors (Lipinski definition) is 1. The summed E-state index contributed by atoms with van der Waals surface area (Å²) in [6, 6.07) is 10.7. The number of halogens is 3. The van der Waals surface area contributed by atoms with Gasteiger partial charge in [-0.3, -0.25) is 4.90 Å². The van der Waals surface area contributed by atoms with E-state index in [4.69, 9.17) is 33.7 Å². The van der Waals surface area contributed by atoms with Gasteiger partial charge in [0.25, 0.3) is 0 Å². The fraction of sp³-hybridized carbons (Fsp3) is 0.429. The minimum atomic E-state index is -0.310. The van der Waals surface area contributed by atoms with Crippen LogP contribution in [0.5, 0.6) is 0 Å². The third kappa shape index (κ3) is 4.15. The van der Waals surface area contributed by atoms with Gasteiger partial charge in [-0.25, -0.2) is 4.39 Å². The Morgan fingerprint density at radius 3 is 2.85 bits per heavy atom. The van der Waals surface area contributed by atoms with E-state index in [1.807, 2.05) is 18.2 Å². The van der Waals surface area contributed by atoms with Gasteiger partial charge in [0, 0.05) is 28.7 Å². The van der Waals surface area contributed by atoms with Crippen LogP contribution in [0.1, 0.15) is 35.6 Å². The summed E-state index contributed by atoms with van der Waals surface area (Å²) in [5, 5.41) is 1.25. The molecule has 2 N–H and O–H groups in total. The average molecular weight is 409 g/mol. The Labute approximate surface area is 169 Å². The number of ether oxygens (including phenoxy) is 1. The van der Waals surface area contributed by atoms with Crippen LogP contribution >= 0.6 is 23.2 Å². The molecule has 3 atom stereocenters. The molecule has 1 aliphatic heterocycles. The minimum Gasteiger partial charge on any atom is -0.367 e. The summed E-state index contributed by atoms with van der Waals surface area (Å²) in [6.07, 6.45) is 2.93. The van der Waals surface area contributed by atoms with Gasteiger partial charge in [-0.05, 0) is 72.8 Å². The fourth-order valence-corrected chi connectivity index (χ4v) is 4.63. The lowest BCUT2D eigenvalue weighted by Crippen LogP contribution is -2.49. The molecule has 0 amide bonds. The first-order valence-corrected chi connectivity index (χ1v) is 10.1. The maximum atomic E-state index is 13.6. The van der Waals surface area contributed by atoms with E-state index >= 15 is 0 Å². The van der Waals surface area contributed by atoms with Gasteiger partial charge >= 0.3 is 0 Å². The molecule has 27 heavy (non-hydrogen) atoms. The molecule has 1 fully saturated rings. The van der Waals surface area contributed by atoms with E-state index in [-0.39, 0.29) is 30.6 Å². The molecule has 6 heteroatoms. The second kappa shape index (κ2) is 8.06. The van der Waals surface area contributed by atoms with Crippen LogP contribution in [0.25, 0.3) is 0 Å². The van der Waals surface area contributed by atoms with Crippen LogP contribution in [0.15, 0.2) is 36.4 Å². The van der Waals surface area contributed by atoms with Crippen molar-refractivity contribution in [2.75, 3.05) is 13.1 Å². The van der Waals surface area contributed by atoms with Crippen molar-refractivity contribution in [1.82, 2.24) is 4.90 Å². The monoisotopic (exact) mass is 408 g/mol. The molecule has 0 radical (unpaired) electrons. The van der Waals surface area contributed by atoms with Crippen LogP contribution in [0, 0.1) is 5.82 Å². The highest BCUT2D eigenvalue weighted by Crippen LogP contribution is 2.40. The lowest BCUT2D eigenvalue weighted by atomic mass is 10.0. The third-order valence-corrected chi connectivity index (χ3v) is 6.18. The lowest BCUT2D eigenvalue weighted by Gasteiger charge is -2.38. The Bertz CT molecular complexity index is 832. The van der Waals surface area contributed by atoms with E-state index in [0.29, 0.717) is 10.6 Å². The third-order valence-electron chi connectivity index (χ3n) is 5.57. The van der Waals surface area contributed by atoms with Gasteiger partial charge in [-0.15, -0.1) is 0 Å². The predicted octanol–water partition coefficient (Wildman–Crippen LogP) is 4.74. The molecule has 0 aromatic heterocycles. The topological polar surface area (TPSA) is 38.5 Å². The second-order valence-corrected chi connectivity index (χ2v) is 8.32. The van der Waals surface area contributed by atoms with E-state index < -0.39 is 0 Å². The maximum Gasteiger partial charge on any atom is 0.123 e. The van der Waals surface area contributed by atoms with Crippen molar-refractivity contribution in [3.05, 3.63) is 69.0 Å². The number of piperidine rings is 1. The fourth-order valence-electron chi connectivity index (χ4n) is 4.26. The zero-order valence-corrected chi connectivity index (χ0v) is 16.5. The number of fused-ring (bicyclic) bond motifs is 1. The first-order valence-electron chi connectivity index (χ1n) is 9.35. The Hall–Kier alpha value is -1.17. The molecule has 1 heterocycles. The molecule has 0 saturated carbocycles. The quantitative estimate of drug-likeness (QED) is 0.793. The first kappa shape index (κ1) is 19.2. The Kier molecular flexibility index (Phi) is 5.72. The van der Waals surface area contributed by atoms with Gasteiger partial charge < -0.3 is 10.5 Å². The van der Waals surface area contributed by atoms with Crippen molar-refractivity contribution in [1.29, 1.82) is 0 Å². The number of nitrogens with zero attached hydrogens (tertiary/aromatic N) is 1. The van der Waals surface area contributed by atoms with Gasteiger partial charge in [0.15, 0.2) is 0 Å². The molecule has 2 aromatic rings. The molecule has 4 rings (SSSR count). The van der Waals surface area contributed by atoms with Crippen molar-refractivity contribution in [2.45, 2.75) is 44.1 Å². The van der Waals surface area contributed by atoms with Crippen LogP contribution in [-0.2, 0) is 17.8 Å². The molecular weight excluding hydrogens is 386 g/mol. The zero-order chi connectivity index (χ0) is 19.0. The maximum absolute atomic E-state index is 13.6. The summed E-state index contributed by atoms with van der Waals surface area (Å²) in [4.78, 5) is 2.43. The summed E-state index contributed by atoms with van der Waals surface area (Å²) in [7, 11) is 0. The average Bonchev–Trinajstić information content (AvgIpc) is 3.00. The molecule has 3 nitrogen and oxygen atoms in total. The van der Waals surface area contributed by atoms with Gasteiger partial charge in [0.05, 0.1) is 12.7 Å². The molecule has 1 unspecified atom stereocenters. The van der Waals surface area contributed by atoms with Gasteiger partial charge in [-0.2, -0.15) is 0 Å². The Morgan fingerprint density at radius 2 is 2.04 bits per heavy atom. The predicted molar refractivity (Wildman–Crippen MR) is 107 cm³/mol. The lowest BCUT2D eigenvalue weighted by molar-refractivity contribution is -0.0237. The molecule has 144 valence electrons. The van der Waals surface area contributed by atoms with Gasteiger partial charge in [0.1, 0.15) is 5.82 Å². The van der Waals surface area contributed by atoms with Crippen LogP contribution in [-0.4, -0.2) is 30.1 Å². The van der Waals surface area contributed by atoms with E-state index in [1.165, 1.54) is 17.7 Å². The molecule has 2 aromatic carbocycles. The first-order chi connectivity index (χ1) is 13.0. The minimum absolute atomic E-state index is 0.109. The van der Waals surface area contributed by atoms with Crippen LogP contribution < -0.4 is 5.73 Å². The highest BCUT2D eigenvalue weighted by atomic mass is 35.5. The van der Waals surface area contributed by atoms with Gasteiger partial charge in [-0.1, -0.05) is 29.3 Å². The smallest absolute Gasteiger partial charge is 0.123 e. The van der Waals surface area contributed by atoms with E-state index in [2.05, 4.69) is 4.90 Å². The number of likely N-dealkylation sites (tertiary alicyclic amines) is 1.